The Kier molecular flexibility index (Phi) is 5.13. The third-order valence-corrected chi connectivity index (χ3v) is 7.07. The Labute approximate surface area is 206 Å². The predicted octanol–water partition coefficient (Wildman–Crippen LogP) is 2.88. The summed E-state index contributed by atoms with van der Waals surface area (Å²) >= 11 is 0. The van der Waals surface area contributed by atoms with Crippen LogP contribution in [0.15, 0.2) is 57.7 Å². The summed E-state index contributed by atoms with van der Waals surface area (Å²) < 4.78 is 7.23. The number of carbonyl (C=O) groups excluding carboxylic acids is 1. The number of benzene rings is 2. The summed E-state index contributed by atoms with van der Waals surface area (Å²) in [6.07, 6.45) is 3.24. The van der Waals surface area contributed by atoms with Crippen LogP contribution in [0.5, 0.6) is 5.75 Å². The van der Waals surface area contributed by atoms with Crippen molar-refractivity contribution in [3.8, 4) is 17.3 Å². The number of hydrogen-bond acceptors (Lipinski definition) is 7. The Balaban J connectivity index is 1.54. The standard InChI is InChI=1S/C27H25N5O4/c1-31-26(35)23(33)21(25-29-19-8-5-9-20(19)36-25)30-27(31)32-13-12-15-10-11-17(24(28)34)14-18(15)22(32)16-6-3-2-4-7-16/h2-4,6-7,10-11,14,22,33H,5,8-9,12-13H2,1H3,(H2,28,34). The van der Waals surface area contributed by atoms with Gasteiger partial charge < -0.3 is 20.2 Å². The molecule has 182 valence electrons. The summed E-state index contributed by atoms with van der Waals surface area (Å²) in [5, 5.41) is 10.7. The SMILES string of the molecule is Cn1c(N2CCc3ccc(C(N)=O)cc3C2c2ccccc2)nc(-c2nc3c(o2)CCC3)c(O)c1=O. The second-order valence-corrected chi connectivity index (χ2v) is 9.25. The van der Waals surface area contributed by atoms with Gasteiger partial charge in [-0.15, -0.1) is 0 Å². The van der Waals surface area contributed by atoms with Gasteiger partial charge in [0, 0.05) is 25.6 Å². The zero-order chi connectivity index (χ0) is 25.0. The first-order valence-corrected chi connectivity index (χ1v) is 12.0. The first kappa shape index (κ1) is 22.1. The molecular formula is C27H25N5O4. The number of anilines is 1. The summed E-state index contributed by atoms with van der Waals surface area (Å²) in [6.45, 7) is 0.565. The molecule has 1 unspecified atom stereocenters. The number of hydrogen-bond donors (Lipinski definition) is 2. The van der Waals surface area contributed by atoms with Gasteiger partial charge in [-0.1, -0.05) is 36.4 Å². The highest BCUT2D eigenvalue weighted by Crippen LogP contribution is 2.39. The van der Waals surface area contributed by atoms with Gasteiger partial charge in [-0.05, 0) is 48.1 Å². The van der Waals surface area contributed by atoms with Crippen LogP contribution in [0.2, 0.25) is 0 Å². The van der Waals surface area contributed by atoms with E-state index in [1.807, 2.05) is 47.4 Å². The molecule has 4 aromatic rings. The Morgan fingerprint density at radius 1 is 1.11 bits per heavy atom. The molecule has 9 heteroatoms. The molecule has 0 bridgehead atoms. The van der Waals surface area contributed by atoms with Gasteiger partial charge in [0.2, 0.25) is 23.5 Å². The van der Waals surface area contributed by atoms with E-state index >= 15 is 0 Å². The fraction of sp³-hybridized carbons (Fsp3) is 0.259. The highest BCUT2D eigenvalue weighted by Gasteiger charge is 2.33. The highest BCUT2D eigenvalue weighted by atomic mass is 16.4. The average molecular weight is 484 g/mol. The number of aromatic nitrogens is 3. The highest BCUT2D eigenvalue weighted by molar-refractivity contribution is 5.93. The molecule has 0 saturated carbocycles. The molecular weight excluding hydrogens is 458 g/mol. The minimum absolute atomic E-state index is 0.0333. The van der Waals surface area contributed by atoms with E-state index in [-0.39, 0.29) is 17.6 Å². The number of fused-ring (bicyclic) bond motifs is 2. The maximum atomic E-state index is 13.1. The van der Waals surface area contributed by atoms with Gasteiger partial charge in [-0.3, -0.25) is 14.2 Å². The van der Waals surface area contributed by atoms with Crippen LogP contribution in [-0.2, 0) is 26.3 Å². The Morgan fingerprint density at radius 3 is 2.67 bits per heavy atom. The third-order valence-electron chi connectivity index (χ3n) is 7.07. The van der Waals surface area contributed by atoms with E-state index in [0.29, 0.717) is 24.5 Å². The summed E-state index contributed by atoms with van der Waals surface area (Å²) in [5.74, 6) is 0.305. The van der Waals surface area contributed by atoms with Crippen LogP contribution in [0.25, 0.3) is 11.6 Å². The van der Waals surface area contributed by atoms with Crippen LogP contribution < -0.4 is 16.2 Å². The monoisotopic (exact) mass is 483 g/mol. The average Bonchev–Trinajstić information content (AvgIpc) is 3.50. The molecule has 2 aromatic heterocycles. The number of aryl methyl sites for hydroxylation is 2. The molecule has 6 rings (SSSR count). The van der Waals surface area contributed by atoms with Crippen molar-refractivity contribution >= 4 is 11.9 Å². The molecule has 3 heterocycles. The van der Waals surface area contributed by atoms with E-state index in [9.17, 15) is 14.7 Å². The zero-order valence-electron chi connectivity index (χ0n) is 19.8. The van der Waals surface area contributed by atoms with E-state index in [1.54, 1.807) is 13.1 Å². The van der Waals surface area contributed by atoms with Crippen molar-refractivity contribution in [3.05, 3.63) is 92.6 Å². The largest absolute Gasteiger partial charge is 0.501 e. The molecule has 9 nitrogen and oxygen atoms in total. The fourth-order valence-corrected chi connectivity index (χ4v) is 5.26. The quantitative estimate of drug-likeness (QED) is 0.457. The zero-order valence-corrected chi connectivity index (χ0v) is 19.8. The van der Waals surface area contributed by atoms with Gasteiger partial charge in [0.25, 0.3) is 5.56 Å². The fourth-order valence-electron chi connectivity index (χ4n) is 5.26. The Bertz CT molecular complexity index is 1540. The topological polar surface area (TPSA) is 127 Å². The first-order chi connectivity index (χ1) is 17.4. The summed E-state index contributed by atoms with van der Waals surface area (Å²) in [6, 6.07) is 15.0. The number of nitrogens with two attached hydrogens (primary N) is 1. The number of nitrogens with zero attached hydrogens (tertiary/aromatic N) is 4. The van der Waals surface area contributed by atoms with Crippen LogP contribution >= 0.6 is 0 Å². The van der Waals surface area contributed by atoms with Gasteiger partial charge in [-0.2, -0.15) is 0 Å². The van der Waals surface area contributed by atoms with Gasteiger partial charge in [0.1, 0.15) is 5.76 Å². The number of oxazole rings is 1. The van der Waals surface area contributed by atoms with Crippen LogP contribution in [-0.4, -0.2) is 32.1 Å². The lowest BCUT2D eigenvalue weighted by atomic mass is 9.87. The molecule has 0 radical (unpaired) electrons. The maximum absolute atomic E-state index is 13.1. The molecule has 0 saturated heterocycles. The lowest BCUT2D eigenvalue weighted by Crippen LogP contribution is -2.40. The molecule has 1 atom stereocenters. The molecule has 3 N–H and O–H groups in total. The molecule has 2 aliphatic rings. The summed E-state index contributed by atoms with van der Waals surface area (Å²) in [4.78, 5) is 36.4. The van der Waals surface area contributed by atoms with Crippen molar-refractivity contribution in [2.45, 2.75) is 31.7 Å². The molecule has 1 amide bonds. The van der Waals surface area contributed by atoms with Crippen molar-refractivity contribution in [2.24, 2.45) is 12.8 Å². The first-order valence-electron chi connectivity index (χ1n) is 12.0. The third kappa shape index (κ3) is 3.46. The molecule has 2 aromatic carbocycles. The minimum atomic E-state index is -0.586. The Hall–Kier alpha value is -4.40. The van der Waals surface area contributed by atoms with Gasteiger partial charge >= 0.3 is 0 Å². The van der Waals surface area contributed by atoms with Crippen molar-refractivity contribution in [2.75, 3.05) is 11.4 Å². The van der Waals surface area contributed by atoms with Crippen LogP contribution in [0.4, 0.5) is 5.95 Å². The van der Waals surface area contributed by atoms with Crippen molar-refractivity contribution in [1.82, 2.24) is 14.5 Å². The predicted molar refractivity (Wildman–Crippen MR) is 133 cm³/mol. The maximum Gasteiger partial charge on any atom is 0.297 e. The van der Waals surface area contributed by atoms with Crippen molar-refractivity contribution < 1.29 is 14.3 Å². The lowest BCUT2D eigenvalue weighted by molar-refractivity contribution is 0.1000. The van der Waals surface area contributed by atoms with E-state index in [2.05, 4.69) is 4.98 Å². The second-order valence-electron chi connectivity index (χ2n) is 9.25. The number of carbonyl (C=O) groups is 1. The molecule has 0 spiro atoms. The molecule has 36 heavy (non-hydrogen) atoms. The number of amides is 1. The van der Waals surface area contributed by atoms with Gasteiger partial charge in [-0.25, -0.2) is 9.97 Å². The van der Waals surface area contributed by atoms with Gasteiger partial charge in [0.15, 0.2) is 5.69 Å². The molecule has 0 fully saturated rings. The number of rotatable bonds is 4. The normalized spacial score (nSPS) is 16.6. The lowest BCUT2D eigenvalue weighted by Gasteiger charge is -2.39. The van der Waals surface area contributed by atoms with E-state index in [4.69, 9.17) is 15.1 Å². The van der Waals surface area contributed by atoms with Crippen LogP contribution in [0.1, 0.15) is 51.0 Å². The summed E-state index contributed by atoms with van der Waals surface area (Å²) in [7, 11) is 1.58. The van der Waals surface area contributed by atoms with Crippen molar-refractivity contribution in [3.63, 3.8) is 0 Å². The van der Waals surface area contributed by atoms with Crippen LogP contribution in [0.3, 0.4) is 0 Å². The van der Waals surface area contributed by atoms with Crippen LogP contribution in [0, 0.1) is 0 Å². The Morgan fingerprint density at radius 2 is 1.92 bits per heavy atom. The number of primary amides is 1. The second kappa shape index (κ2) is 8.37. The van der Waals surface area contributed by atoms with E-state index < -0.39 is 17.2 Å². The minimum Gasteiger partial charge on any atom is -0.501 e. The smallest absolute Gasteiger partial charge is 0.297 e. The van der Waals surface area contributed by atoms with Crippen molar-refractivity contribution in [1.29, 1.82) is 0 Å². The number of aromatic hydroxyl groups is 1. The van der Waals surface area contributed by atoms with E-state index in [1.165, 1.54) is 4.57 Å². The summed E-state index contributed by atoms with van der Waals surface area (Å²) in [5.41, 5.74) is 9.29. The molecule has 1 aliphatic carbocycles. The van der Waals surface area contributed by atoms with Gasteiger partial charge in [0.05, 0.1) is 11.7 Å². The van der Waals surface area contributed by atoms with E-state index in [0.717, 1.165) is 47.4 Å². The molecule has 1 aliphatic heterocycles.